The van der Waals surface area contributed by atoms with Gasteiger partial charge in [-0.15, -0.1) is 10.2 Å². The van der Waals surface area contributed by atoms with E-state index in [0.29, 0.717) is 17.7 Å². The van der Waals surface area contributed by atoms with Gasteiger partial charge >= 0.3 is 0 Å². The van der Waals surface area contributed by atoms with E-state index in [4.69, 9.17) is 16.3 Å². The minimum absolute atomic E-state index is 0.0685. The molecule has 0 spiro atoms. The predicted molar refractivity (Wildman–Crippen MR) is 123 cm³/mol. The number of hydrogen-bond acceptors (Lipinski definition) is 5. The van der Waals surface area contributed by atoms with Gasteiger partial charge in [-0.2, -0.15) is 0 Å². The van der Waals surface area contributed by atoms with Crippen LogP contribution in [0.1, 0.15) is 36.5 Å². The van der Waals surface area contributed by atoms with Crippen LogP contribution in [0.4, 0.5) is 5.69 Å². The summed E-state index contributed by atoms with van der Waals surface area (Å²) in [5, 5.41) is 21.8. The van der Waals surface area contributed by atoms with Gasteiger partial charge < -0.3 is 19.7 Å². The number of aryl methyl sites for hydroxylation is 1. The van der Waals surface area contributed by atoms with Gasteiger partial charge in [0.1, 0.15) is 12.3 Å². The first-order chi connectivity index (χ1) is 15.5. The molecule has 2 N–H and O–H groups in total. The number of benzene rings is 2. The third-order valence-electron chi connectivity index (χ3n) is 4.98. The number of azo groups is 1. The van der Waals surface area contributed by atoms with Crippen molar-refractivity contribution in [3.63, 3.8) is 0 Å². The predicted octanol–water partition coefficient (Wildman–Crippen LogP) is 5.24. The number of aromatic hydroxyl groups is 1. The van der Waals surface area contributed by atoms with Crippen molar-refractivity contribution in [2.24, 2.45) is 10.2 Å². The number of carbonyl (C=O) groups is 2. The second-order valence-corrected chi connectivity index (χ2v) is 7.58. The first kappa shape index (κ1) is 23.3. The van der Waals surface area contributed by atoms with Crippen LogP contribution in [0.2, 0.25) is 5.02 Å². The van der Waals surface area contributed by atoms with Crippen LogP contribution in [0, 0.1) is 0 Å². The number of unbranched alkanes of at least 4 members (excludes halogenated alkanes) is 2. The molecule has 3 aromatic rings. The molecule has 0 aliphatic rings. The SMILES string of the molecule is CCCCCn1c(O)c(N=NC(=O)CNC(=O)c2ccccc2Cl)c2cc(OC)ccc21. The molecule has 8 nitrogen and oxygen atoms in total. The summed E-state index contributed by atoms with van der Waals surface area (Å²) in [6, 6.07) is 11.9. The van der Waals surface area contributed by atoms with Gasteiger partial charge in [0.2, 0.25) is 5.88 Å². The highest BCUT2D eigenvalue weighted by atomic mass is 35.5. The maximum absolute atomic E-state index is 12.2. The summed E-state index contributed by atoms with van der Waals surface area (Å²) in [7, 11) is 1.55. The highest BCUT2D eigenvalue weighted by Crippen LogP contribution is 2.40. The van der Waals surface area contributed by atoms with E-state index in [1.165, 1.54) is 0 Å². The van der Waals surface area contributed by atoms with E-state index in [2.05, 4.69) is 22.5 Å². The summed E-state index contributed by atoms with van der Waals surface area (Å²) in [5.74, 6) is -0.627. The van der Waals surface area contributed by atoms with Gasteiger partial charge in [0.15, 0.2) is 5.69 Å². The Balaban J connectivity index is 1.79. The van der Waals surface area contributed by atoms with E-state index in [0.717, 1.165) is 24.8 Å². The van der Waals surface area contributed by atoms with Gasteiger partial charge in [0.25, 0.3) is 11.8 Å². The van der Waals surface area contributed by atoms with Crippen molar-refractivity contribution in [2.45, 2.75) is 32.7 Å². The largest absolute Gasteiger partial charge is 0.497 e. The molecule has 3 rings (SSSR count). The number of rotatable bonds is 9. The molecule has 0 aliphatic carbocycles. The van der Waals surface area contributed by atoms with Crippen LogP contribution in [0.3, 0.4) is 0 Å². The Morgan fingerprint density at radius 1 is 1.19 bits per heavy atom. The summed E-state index contributed by atoms with van der Waals surface area (Å²) < 4.78 is 7.03. The minimum atomic E-state index is -0.667. The summed E-state index contributed by atoms with van der Waals surface area (Å²) in [5.41, 5.74) is 1.22. The van der Waals surface area contributed by atoms with E-state index in [9.17, 15) is 14.7 Å². The zero-order valence-electron chi connectivity index (χ0n) is 18.0. The molecule has 2 amide bonds. The summed E-state index contributed by atoms with van der Waals surface area (Å²) in [6.07, 6.45) is 2.97. The van der Waals surface area contributed by atoms with Gasteiger partial charge in [-0.3, -0.25) is 9.59 Å². The second-order valence-electron chi connectivity index (χ2n) is 7.17. The van der Waals surface area contributed by atoms with Crippen LogP contribution in [0.5, 0.6) is 11.6 Å². The highest BCUT2D eigenvalue weighted by Gasteiger charge is 2.18. The van der Waals surface area contributed by atoms with Crippen LogP contribution in [-0.2, 0) is 11.3 Å². The fourth-order valence-electron chi connectivity index (χ4n) is 3.31. The van der Waals surface area contributed by atoms with Crippen molar-refractivity contribution in [1.82, 2.24) is 9.88 Å². The molecule has 9 heteroatoms. The van der Waals surface area contributed by atoms with Crippen molar-refractivity contribution in [3.8, 4) is 11.6 Å². The lowest BCUT2D eigenvalue weighted by Crippen LogP contribution is -2.28. The van der Waals surface area contributed by atoms with Crippen molar-refractivity contribution >= 4 is 40.0 Å². The van der Waals surface area contributed by atoms with Gasteiger partial charge in [-0.25, -0.2) is 0 Å². The molecular weight excluding hydrogens is 432 g/mol. The maximum Gasteiger partial charge on any atom is 0.283 e. The molecule has 0 radical (unpaired) electrons. The Hall–Kier alpha value is -3.39. The molecule has 32 heavy (non-hydrogen) atoms. The maximum atomic E-state index is 12.2. The van der Waals surface area contributed by atoms with Gasteiger partial charge in [0, 0.05) is 11.9 Å². The van der Waals surface area contributed by atoms with E-state index in [1.807, 2.05) is 6.07 Å². The summed E-state index contributed by atoms with van der Waals surface area (Å²) in [6.45, 7) is 2.36. The lowest BCUT2D eigenvalue weighted by atomic mass is 10.2. The Kier molecular flexibility index (Phi) is 7.83. The van der Waals surface area contributed by atoms with E-state index >= 15 is 0 Å². The fourth-order valence-corrected chi connectivity index (χ4v) is 3.53. The number of fused-ring (bicyclic) bond motifs is 1. The van der Waals surface area contributed by atoms with E-state index in [1.54, 1.807) is 48.1 Å². The number of hydrogen-bond donors (Lipinski definition) is 2. The standard InChI is InChI=1S/C23H25ClN4O4/c1-3-4-7-12-28-19-11-10-15(32-2)13-17(19)21(23(28)31)27-26-20(29)14-25-22(30)16-8-5-6-9-18(16)24/h5-6,8-11,13,31H,3-4,7,12,14H2,1-2H3,(H,25,30). The molecule has 0 atom stereocenters. The molecule has 1 heterocycles. The van der Waals surface area contributed by atoms with Crippen molar-refractivity contribution in [2.75, 3.05) is 13.7 Å². The summed E-state index contributed by atoms with van der Waals surface area (Å²) in [4.78, 5) is 24.4. The molecule has 168 valence electrons. The Bertz CT molecular complexity index is 1160. The molecule has 2 aromatic carbocycles. The molecule has 1 aromatic heterocycles. The molecule has 0 bridgehead atoms. The molecular formula is C23H25ClN4O4. The van der Waals surface area contributed by atoms with Crippen molar-refractivity contribution in [1.29, 1.82) is 0 Å². The monoisotopic (exact) mass is 456 g/mol. The Labute approximate surface area is 190 Å². The van der Waals surface area contributed by atoms with E-state index in [-0.39, 0.29) is 28.7 Å². The number of nitrogens with one attached hydrogen (secondary N) is 1. The first-order valence-electron chi connectivity index (χ1n) is 10.3. The zero-order valence-corrected chi connectivity index (χ0v) is 18.7. The molecule has 0 fully saturated rings. The fraction of sp³-hybridized carbons (Fsp3) is 0.304. The molecule has 0 saturated heterocycles. The van der Waals surface area contributed by atoms with Gasteiger partial charge in [-0.1, -0.05) is 43.5 Å². The van der Waals surface area contributed by atoms with Crippen LogP contribution in [0.25, 0.3) is 10.9 Å². The highest BCUT2D eigenvalue weighted by molar-refractivity contribution is 6.33. The van der Waals surface area contributed by atoms with E-state index < -0.39 is 11.8 Å². The number of carbonyl (C=O) groups excluding carboxylic acids is 2. The van der Waals surface area contributed by atoms with Crippen molar-refractivity contribution in [3.05, 3.63) is 53.1 Å². The van der Waals surface area contributed by atoms with Crippen LogP contribution >= 0.6 is 11.6 Å². The smallest absolute Gasteiger partial charge is 0.283 e. The normalized spacial score (nSPS) is 11.2. The second kappa shape index (κ2) is 10.8. The zero-order chi connectivity index (χ0) is 23.1. The lowest BCUT2D eigenvalue weighted by molar-refractivity contribution is -0.117. The lowest BCUT2D eigenvalue weighted by Gasteiger charge is -2.06. The van der Waals surface area contributed by atoms with Crippen molar-refractivity contribution < 1.29 is 19.4 Å². The number of aromatic nitrogens is 1. The van der Waals surface area contributed by atoms with Crippen LogP contribution < -0.4 is 10.1 Å². The number of amides is 2. The Morgan fingerprint density at radius 3 is 2.69 bits per heavy atom. The number of halogens is 1. The first-order valence-corrected chi connectivity index (χ1v) is 10.7. The number of ether oxygens (including phenoxy) is 1. The third kappa shape index (κ3) is 5.26. The topological polar surface area (TPSA) is 105 Å². The average molecular weight is 457 g/mol. The van der Waals surface area contributed by atoms with Gasteiger partial charge in [-0.05, 0) is 36.8 Å². The van der Waals surface area contributed by atoms with Crippen LogP contribution in [0.15, 0.2) is 52.7 Å². The molecule has 0 unspecified atom stereocenters. The average Bonchev–Trinajstić information content (AvgIpc) is 3.06. The number of nitrogens with zero attached hydrogens (tertiary/aromatic N) is 3. The minimum Gasteiger partial charge on any atom is -0.497 e. The molecule has 0 saturated carbocycles. The quantitative estimate of drug-likeness (QED) is 0.339. The Morgan fingerprint density at radius 2 is 1.97 bits per heavy atom. The third-order valence-corrected chi connectivity index (χ3v) is 5.31. The van der Waals surface area contributed by atoms with Gasteiger partial charge in [0.05, 0.1) is 23.2 Å². The van der Waals surface area contributed by atoms with Crippen LogP contribution in [-0.4, -0.2) is 35.1 Å². The number of methoxy groups -OCH3 is 1. The molecule has 0 aliphatic heterocycles. The summed E-state index contributed by atoms with van der Waals surface area (Å²) >= 11 is 5.99.